The molecule has 0 aliphatic rings. The van der Waals surface area contributed by atoms with Gasteiger partial charge in [-0.15, -0.1) is 0 Å². The largest absolute Gasteiger partial charge is 0.298 e. The summed E-state index contributed by atoms with van der Waals surface area (Å²) in [7, 11) is 0. The molecule has 3 aromatic rings. The van der Waals surface area contributed by atoms with Crippen LogP contribution in [0.5, 0.6) is 0 Å². The van der Waals surface area contributed by atoms with Crippen molar-refractivity contribution in [2.45, 2.75) is 6.92 Å². The molecule has 0 unspecified atom stereocenters. The second-order valence-electron chi connectivity index (χ2n) is 4.52. The van der Waals surface area contributed by atoms with Crippen LogP contribution in [0.15, 0.2) is 40.9 Å². The smallest absolute Gasteiger partial charge is 0.260 e. The first kappa shape index (κ1) is 14.2. The summed E-state index contributed by atoms with van der Waals surface area (Å²) in [5.41, 5.74) is 1.88. The van der Waals surface area contributed by atoms with Crippen LogP contribution in [0.2, 0.25) is 0 Å². The van der Waals surface area contributed by atoms with Crippen LogP contribution in [0.25, 0.3) is 10.2 Å². The average molecular weight is 365 g/mol. The molecule has 0 spiro atoms. The van der Waals surface area contributed by atoms with E-state index in [2.05, 4.69) is 26.2 Å². The molecule has 3 nitrogen and oxygen atoms in total. The molecular weight excluding hydrogens is 355 g/mol. The fourth-order valence-corrected chi connectivity index (χ4v) is 3.28. The minimum absolute atomic E-state index is 0.0136. The maximum Gasteiger partial charge on any atom is 0.260 e. The Balaban J connectivity index is 1.93. The Hall–Kier alpha value is -1.79. The van der Waals surface area contributed by atoms with Gasteiger partial charge in [0.1, 0.15) is 5.82 Å². The van der Waals surface area contributed by atoms with Crippen LogP contribution < -0.4 is 5.32 Å². The molecule has 1 heterocycles. The normalized spacial score (nSPS) is 10.8. The van der Waals surface area contributed by atoms with E-state index in [4.69, 9.17) is 0 Å². The van der Waals surface area contributed by atoms with E-state index in [1.165, 1.54) is 23.5 Å². The molecule has 0 saturated carbocycles. The van der Waals surface area contributed by atoms with E-state index in [9.17, 15) is 9.18 Å². The van der Waals surface area contributed by atoms with Crippen LogP contribution in [0.3, 0.4) is 0 Å². The van der Waals surface area contributed by atoms with Gasteiger partial charge >= 0.3 is 0 Å². The number of hydrogen-bond acceptors (Lipinski definition) is 3. The third-order valence-electron chi connectivity index (χ3n) is 3.01. The van der Waals surface area contributed by atoms with Crippen LogP contribution in [-0.4, -0.2) is 10.9 Å². The summed E-state index contributed by atoms with van der Waals surface area (Å²) in [6, 6.07) is 10.1. The number of hydrogen-bond donors (Lipinski definition) is 1. The highest BCUT2D eigenvalue weighted by Gasteiger charge is 2.14. The Morgan fingerprint density at radius 2 is 2.14 bits per heavy atom. The van der Waals surface area contributed by atoms with Gasteiger partial charge in [-0.2, -0.15) is 0 Å². The molecule has 2 aromatic carbocycles. The van der Waals surface area contributed by atoms with E-state index in [1.54, 1.807) is 6.07 Å². The molecule has 0 aliphatic carbocycles. The van der Waals surface area contributed by atoms with Crippen molar-refractivity contribution in [1.82, 2.24) is 4.98 Å². The van der Waals surface area contributed by atoms with Crippen molar-refractivity contribution in [1.29, 1.82) is 0 Å². The molecule has 6 heteroatoms. The summed E-state index contributed by atoms with van der Waals surface area (Å²) in [4.78, 5) is 16.5. The number of rotatable bonds is 2. The van der Waals surface area contributed by atoms with Gasteiger partial charge in [-0.25, -0.2) is 9.37 Å². The van der Waals surface area contributed by atoms with Crippen molar-refractivity contribution in [2.75, 3.05) is 5.32 Å². The molecule has 21 heavy (non-hydrogen) atoms. The second-order valence-corrected chi connectivity index (χ2v) is 6.47. The van der Waals surface area contributed by atoms with Crippen LogP contribution in [0.4, 0.5) is 9.52 Å². The fourth-order valence-electron chi connectivity index (χ4n) is 1.98. The predicted octanol–water partition coefficient (Wildman–Crippen LogP) is 4.76. The summed E-state index contributed by atoms with van der Waals surface area (Å²) in [5, 5.41) is 3.11. The Morgan fingerprint density at radius 1 is 1.33 bits per heavy atom. The number of carbonyl (C=O) groups is 1. The van der Waals surface area contributed by atoms with Crippen molar-refractivity contribution in [3.63, 3.8) is 0 Å². The monoisotopic (exact) mass is 364 g/mol. The van der Waals surface area contributed by atoms with Crippen molar-refractivity contribution >= 4 is 48.5 Å². The zero-order valence-electron chi connectivity index (χ0n) is 11.0. The standard InChI is InChI=1S/C15H10BrFN2OS/c1-8-3-2-4-12-13(8)18-15(21-12)19-14(20)10-7-9(16)5-6-11(10)17/h2-7H,1H3,(H,18,19,20). The number of amides is 1. The number of nitrogens with one attached hydrogen (secondary N) is 1. The molecule has 0 atom stereocenters. The van der Waals surface area contributed by atoms with E-state index in [0.717, 1.165) is 15.8 Å². The summed E-state index contributed by atoms with van der Waals surface area (Å²) in [6.45, 7) is 1.96. The Morgan fingerprint density at radius 3 is 2.90 bits per heavy atom. The van der Waals surface area contributed by atoms with Crippen LogP contribution in [0.1, 0.15) is 15.9 Å². The zero-order valence-corrected chi connectivity index (χ0v) is 13.4. The van der Waals surface area contributed by atoms with Crippen LogP contribution in [0, 0.1) is 12.7 Å². The number of fused-ring (bicyclic) bond motifs is 1. The highest BCUT2D eigenvalue weighted by atomic mass is 79.9. The van der Waals surface area contributed by atoms with E-state index >= 15 is 0 Å². The summed E-state index contributed by atoms with van der Waals surface area (Å²) in [6.07, 6.45) is 0. The van der Waals surface area contributed by atoms with Gasteiger partial charge in [-0.1, -0.05) is 39.4 Å². The fraction of sp³-hybridized carbons (Fsp3) is 0.0667. The molecule has 0 fully saturated rings. The maximum atomic E-state index is 13.7. The van der Waals surface area contributed by atoms with Crippen LogP contribution in [-0.2, 0) is 0 Å². The molecule has 106 valence electrons. The number of nitrogens with zero attached hydrogens (tertiary/aromatic N) is 1. The van der Waals surface area contributed by atoms with Gasteiger partial charge in [-0.05, 0) is 36.8 Å². The van der Waals surface area contributed by atoms with E-state index in [-0.39, 0.29) is 5.56 Å². The molecule has 0 bridgehead atoms. The predicted molar refractivity (Wildman–Crippen MR) is 86.4 cm³/mol. The lowest BCUT2D eigenvalue weighted by Crippen LogP contribution is -2.13. The minimum Gasteiger partial charge on any atom is -0.298 e. The maximum absolute atomic E-state index is 13.7. The SMILES string of the molecule is Cc1cccc2sc(NC(=O)c3cc(Br)ccc3F)nc12. The molecule has 0 aliphatic heterocycles. The third-order valence-corrected chi connectivity index (χ3v) is 4.44. The number of aryl methyl sites for hydroxylation is 1. The number of halogens is 2. The van der Waals surface area contributed by atoms with Gasteiger partial charge in [0, 0.05) is 4.47 Å². The van der Waals surface area contributed by atoms with Gasteiger partial charge in [0.2, 0.25) is 0 Å². The lowest BCUT2D eigenvalue weighted by molar-refractivity contribution is 0.102. The highest BCUT2D eigenvalue weighted by molar-refractivity contribution is 9.10. The molecule has 0 radical (unpaired) electrons. The second kappa shape index (κ2) is 5.54. The van der Waals surface area contributed by atoms with Gasteiger partial charge in [0.15, 0.2) is 5.13 Å². The molecule has 1 amide bonds. The first-order valence-corrected chi connectivity index (χ1v) is 7.78. The number of carbonyl (C=O) groups excluding carboxylic acids is 1. The Bertz CT molecular complexity index is 847. The number of benzene rings is 2. The summed E-state index contributed by atoms with van der Waals surface area (Å²) >= 11 is 4.60. The van der Waals surface area contributed by atoms with Gasteiger partial charge in [-0.3, -0.25) is 10.1 Å². The van der Waals surface area contributed by atoms with Crippen molar-refractivity contribution < 1.29 is 9.18 Å². The quantitative estimate of drug-likeness (QED) is 0.712. The average Bonchev–Trinajstić information content (AvgIpc) is 2.85. The van der Waals surface area contributed by atoms with Crippen molar-refractivity contribution in [3.8, 4) is 0 Å². The number of aromatic nitrogens is 1. The van der Waals surface area contributed by atoms with Gasteiger partial charge in [0.25, 0.3) is 5.91 Å². The van der Waals surface area contributed by atoms with Gasteiger partial charge in [0.05, 0.1) is 15.8 Å². The molecule has 3 rings (SSSR count). The highest BCUT2D eigenvalue weighted by Crippen LogP contribution is 2.28. The topological polar surface area (TPSA) is 42.0 Å². The lowest BCUT2D eigenvalue weighted by Gasteiger charge is -2.03. The lowest BCUT2D eigenvalue weighted by atomic mass is 10.2. The van der Waals surface area contributed by atoms with E-state index in [1.807, 2.05) is 25.1 Å². The number of para-hydroxylation sites is 1. The van der Waals surface area contributed by atoms with Crippen molar-refractivity contribution in [3.05, 3.63) is 57.8 Å². The first-order valence-electron chi connectivity index (χ1n) is 6.17. The number of anilines is 1. The summed E-state index contributed by atoms with van der Waals surface area (Å²) < 4.78 is 15.3. The van der Waals surface area contributed by atoms with E-state index in [0.29, 0.717) is 9.60 Å². The molecule has 0 saturated heterocycles. The van der Waals surface area contributed by atoms with Gasteiger partial charge < -0.3 is 0 Å². The molecule has 1 N–H and O–H groups in total. The van der Waals surface area contributed by atoms with Crippen molar-refractivity contribution in [2.24, 2.45) is 0 Å². The minimum atomic E-state index is -0.562. The molecular formula is C15H10BrFN2OS. The Labute approximate surface area is 133 Å². The zero-order chi connectivity index (χ0) is 15.0. The van der Waals surface area contributed by atoms with E-state index < -0.39 is 11.7 Å². The summed E-state index contributed by atoms with van der Waals surface area (Å²) in [5.74, 6) is -1.07. The third kappa shape index (κ3) is 2.82. The van der Waals surface area contributed by atoms with Crippen LogP contribution >= 0.6 is 27.3 Å². The number of thiazole rings is 1. The first-order chi connectivity index (χ1) is 10.0. The Kier molecular flexibility index (Phi) is 3.73. The molecule has 1 aromatic heterocycles.